The van der Waals surface area contributed by atoms with E-state index >= 15 is 0 Å². The van der Waals surface area contributed by atoms with E-state index in [-0.39, 0.29) is 17.3 Å². The quantitative estimate of drug-likeness (QED) is 0.499. The Morgan fingerprint density at radius 2 is 1.83 bits per heavy atom. The van der Waals surface area contributed by atoms with Crippen LogP contribution in [-0.2, 0) is 16.6 Å². The van der Waals surface area contributed by atoms with Crippen LogP contribution in [0.4, 0.5) is 4.39 Å². The van der Waals surface area contributed by atoms with E-state index in [4.69, 9.17) is 4.74 Å². The molecule has 0 saturated heterocycles. The molecule has 0 saturated carbocycles. The maximum atomic E-state index is 13.2. The Morgan fingerprint density at radius 1 is 1.00 bits per heavy atom. The van der Waals surface area contributed by atoms with Gasteiger partial charge in [-0.2, -0.15) is 0 Å². The summed E-state index contributed by atoms with van der Waals surface area (Å²) < 4.78 is 46.9. The van der Waals surface area contributed by atoms with Gasteiger partial charge in [0.25, 0.3) is 0 Å². The summed E-state index contributed by atoms with van der Waals surface area (Å²) in [5.41, 5.74) is 2.03. The molecule has 152 valence electrons. The van der Waals surface area contributed by atoms with E-state index in [9.17, 15) is 12.8 Å². The highest BCUT2D eigenvalue weighted by molar-refractivity contribution is 7.89. The SMILES string of the molecule is Cc1cnc2c(S(=O)(=O)NCc3ccc(Oc4cccc(F)c4)nc3)cccc2c1. The first-order valence-electron chi connectivity index (χ1n) is 9.14. The van der Waals surface area contributed by atoms with Crippen molar-refractivity contribution in [3.63, 3.8) is 0 Å². The molecule has 8 heteroatoms. The fourth-order valence-electron chi connectivity index (χ4n) is 2.94. The van der Waals surface area contributed by atoms with Gasteiger partial charge in [-0.3, -0.25) is 4.98 Å². The fraction of sp³-hybridized carbons (Fsp3) is 0.0909. The molecule has 4 rings (SSSR count). The molecule has 0 unspecified atom stereocenters. The number of hydrogen-bond donors (Lipinski definition) is 1. The lowest BCUT2D eigenvalue weighted by Gasteiger charge is -2.10. The van der Waals surface area contributed by atoms with Crippen LogP contribution in [0.2, 0.25) is 0 Å². The molecule has 0 bridgehead atoms. The van der Waals surface area contributed by atoms with Crippen molar-refractivity contribution in [2.24, 2.45) is 0 Å². The van der Waals surface area contributed by atoms with Gasteiger partial charge in [0, 0.05) is 36.5 Å². The Labute approximate surface area is 173 Å². The van der Waals surface area contributed by atoms with E-state index in [1.54, 1.807) is 30.5 Å². The summed E-state index contributed by atoms with van der Waals surface area (Å²) in [5.74, 6) is 0.201. The number of halogens is 1. The molecule has 2 aromatic carbocycles. The lowest BCUT2D eigenvalue weighted by molar-refractivity contribution is 0.457. The number of ether oxygens (including phenoxy) is 1. The Balaban J connectivity index is 1.48. The topological polar surface area (TPSA) is 81.2 Å². The van der Waals surface area contributed by atoms with Crippen LogP contribution in [0.5, 0.6) is 11.6 Å². The van der Waals surface area contributed by atoms with Gasteiger partial charge in [-0.1, -0.05) is 24.3 Å². The molecule has 0 aliphatic carbocycles. The van der Waals surface area contributed by atoms with Crippen molar-refractivity contribution >= 4 is 20.9 Å². The van der Waals surface area contributed by atoms with Crippen molar-refractivity contribution < 1.29 is 17.5 Å². The molecular formula is C22H18FN3O3S. The zero-order valence-corrected chi connectivity index (χ0v) is 16.9. The largest absolute Gasteiger partial charge is 0.439 e. The predicted molar refractivity (Wildman–Crippen MR) is 111 cm³/mol. The van der Waals surface area contributed by atoms with Gasteiger partial charge in [-0.15, -0.1) is 0 Å². The van der Waals surface area contributed by atoms with Crippen molar-refractivity contribution in [1.82, 2.24) is 14.7 Å². The van der Waals surface area contributed by atoms with E-state index in [1.807, 2.05) is 19.1 Å². The molecule has 1 N–H and O–H groups in total. The molecule has 0 atom stereocenters. The monoisotopic (exact) mass is 423 g/mol. The summed E-state index contributed by atoms with van der Waals surface area (Å²) in [4.78, 5) is 8.55. The lowest BCUT2D eigenvalue weighted by atomic mass is 10.2. The van der Waals surface area contributed by atoms with Crippen LogP contribution in [0.3, 0.4) is 0 Å². The maximum Gasteiger partial charge on any atom is 0.243 e. The molecular weight excluding hydrogens is 405 g/mol. The maximum absolute atomic E-state index is 13.2. The van der Waals surface area contributed by atoms with Crippen LogP contribution in [0, 0.1) is 12.7 Å². The van der Waals surface area contributed by atoms with E-state index in [0.29, 0.717) is 16.8 Å². The first-order valence-corrected chi connectivity index (χ1v) is 10.6. The molecule has 2 heterocycles. The Bertz CT molecular complexity index is 1310. The number of fused-ring (bicyclic) bond motifs is 1. The summed E-state index contributed by atoms with van der Waals surface area (Å²) in [6.07, 6.45) is 3.14. The van der Waals surface area contributed by atoms with Crippen molar-refractivity contribution in [2.45, 2.75) is 18.4 Å². The molecule has 30 heavy (non-hydrogen) atoms. The number of pyridine rings is 2. The number of nitrogens with zero attached hydrogens (tertiary/aromatic N) is 2. The van der Waals surface area contributed by atoms with Crippen LogP contribution in [-0.4, -0.2) is 18.4 Å². The average Bonchev–Trinajstić information content (AvgIpc) is 2.73. The van der Waals surface area contributed by atoms with Gasteiger partial charge in [0.1, 0.15) is 16.5 Å². The third kappa shape index (κ3) is 4.45. The summed E-state index contributed by atoms with van der Waals surface area (Å²) in [6, 6.07) is 16.0. The average molecular weight is 423 g/mol. The second-order valence-corrected chi connectivity index (χ2v) is 8.46. The number of aromatic nitrogens is 2. The summed E-state index contributed by atoms with van der Waals surface area (Å²) in [5, 5.41) is 0.762. The summed E-state index contributed by atoms with van der Waals surface area (Å²) in [6.45, 7) is 1.96. The van der Waals surface area contributed by atoms with Gasteiger partial charge in [0.2, 0.25) is 15.9 Å². The minimum absolute atomic E-state index is 0.0534. The molecule has 6 nitrogen and oxygen atoms in total. The molecule has 0 spiro atoms. The highest BCUT2D eigenvalue weighted by Gasteiger charge is 2.18. The van der Waals surface area contributed by atoms with E-state index in [2.05, 4.69) is 14.7 Å². The van der Waals surface area contributed by atoms with Gasteiger partial charge in [-0.05, 0) is 42.3 Å². The summed E-state index contributed by atoms with van der Waals surface area (Å²) >= 11 is 0. The number of aryl methyl sites for hydroxylation is 1. The van der Waals surface area contributed by atoms with Crippen molar-refractivity contribution in [3.8, 4) is 11.6 Å². The Kier molecular flexibility index (Phi) is 5.43. The number of rotatable bonds is 6. The van der Waals surface area contributed by atoms with Gasteiger partial charge in [0.05, 0.1) is 5.52 Å². The molecule has 0 amide bonds. The zero-order valence-electron chi connectivity index (χ0n) is 16.0. The zero-order chi connectivity index (χ0) is 21.1. The predicted octanol–water partition coefficient (Wildman–Crippen LogP) is 4.35. The van der Waals surface area contributed by atoms with E-state index in [1.165, 1.54) is 30.5 Å². The Morgan fingerprint density at radius 3 is 2.60 bits per heavy atom. The first kappa shape index (κ1) is 19.9. The highest BCUT2D eigenvalue weighted by atomic mass is 32.2. The Hall–Kier alpha value is -3.36. The van der Waals surface area contributed by atoms with E-state index < -0.39 is 15.8 Å². The number of nitrogens with one attached hydrogen (secondary N) is 1. The van der Waals surface area contributed by atoms with Gasteiger partial charge >= 0.3 is 0 Å². The van der Waals surface area contributed by atoms with Crippen LogP contribution >= 0.6 is 0 Å². The first-order chi connectivity index (χ1) is 14.4. The van der Waals surface area contributed by atoms with Gasteiger partial charge in [-0.25, -0.2) is 22.5 Å². The lowest BCUT2D eigenvalue weighted by Crippen LogP contribution is -2.23. The number of hydrogen-bond acceptors (Lipinski definition) is 5. The van der Waals surface area contributed by atoms with Crippen LogP contribution in [0.25, 0.3) is 10.9 Å². The second kappa shape index (κ2) is 8.17. The molecule has 0 fully saturated rings. The third-order valence-corrected chi connectivity index (χ3v) is 5.82. The number of para-hydroxylation sites is 1. The van der Waals surface area contributed by atoms with Crippen molar-refractivity contribution in [2.75, 3.05) is 0 Å². The van der Waals surface area contributed by atoms with Crippen LogP contribution in [0.1, 0.15) is 11.1 Å². The summed E-state index contributed by atoms with van der Waals surface area (Å²) in [7, 11) is -3.77. The van der Waals surface area contributed by atoms with Gasteiger partial charge in [0.15, 0.2) is 0 Å². The molecule has 0 aliphatic rings. The number of sulfonamides is 1. The van der Waals surface area contributed by atoms with Crippen LogP contribution < -0.4 is 9.46 Å². The smallest absolute Gasteiger partial charge is 0.243 e. The minimum Gasteiger partial charge on any atom is -0.439 e. The normalized spacial score (nSPS) is 11.5. The van der Waals surface area contributed by atoms with Gasteiger partial charge < -0.3 is 4.74 Å². The van der Waals surface area contributed by atoms with Crippen molar-refractivity contribution in [3.05, 3.63) is 90.0 Å². The van der Waals surface area contributed by atoms with E-state index in [0.717, 1.165) is 10.9 Å². The minimum atomic E-state index is -3.77. The fourth-order valence-corrected chi connectivity index (χ4v) is 4.14. The molecule has 4 aromatic rings. The molecule has 2 aromatic heterocycles. The van der Waals surface area contributed by atoms with Crippen molar-refractivity contribution in [1.29, 1.82) is 0 Å². The second-order valence-electron chi connectivity index (χ2n) is 6.73. The number of benzene rings is 2. The highest BCUT2D eigenvalue weighted by Crippen LogP contribution is 2.23. The third-order valence-electron chi connectivity index (χ3n) is 4.38. The van der Waals surface area contributed by atoms with Crippen LogP contribution in [0.15, 0.2) is 78.0 Å². The molecule has 0 radical (unpaired) electrons. The standard InChI is InChI=1S/C22H18FN3O3S/c1-15-10-17-4-2-7-20(22(17)25-12-15)30(27,28)26-14-16-8-9-21(24-13-16)29-19-6-3-5-18(23)11-19/h2-13,26H,14H2,1H3. The molecule has 0 aliphatic heterocycles.